The highest BCUT2D eigenvalue weighted by Crippen LogP contribution is 2.30. The minimum absolute atomic E-state index is 0. The van der Waals surface area contributed by atoms with E-state index >= 15 is 0 Å². The Morgan fingerprint density at radius 3 is 2.72 bits per heavy atom. The molecule has 2 saturated heterocycles. The predicted molar refractivity (Wildman–Crippen MR) is 77.3 cm³/mol. The first kappa shape index (κ1) is 16.1. The molecule has 4 nitrogen and oxygen atoms in total. The molecule has 0 aromatic heterocycles. The number of thioether (sulfide) groups is 1. The average Bonchev–Trinajstić information content (AvgIpc) is 2.90. The lowest BCUT2D eigenvalue weighted by Gasteiger charge is -2.34. The number of ether oxygens (including phenoxy) is 1. The van der Waals surface area contributed by atoms with Crippen LogP contribution in [0.15, 0.2) is 0 Å². The largest absolute Gasteiger partial charge is 0.381 e. The minimum Gasteiger partial charge on any atom is -0.381 e. The Balaban J connectivity index is 0.00000162. The van der Waals surface area contributed by atoms with Crippen molar-refractivity contribution in [1.29, 1.82) is 0 Å². The van der Waals surface area contributed by atoms with Gasteiger partial charge in [0.1, 0.15) is 0 Å². The van der Waals surface area contributed by atoms with Gasteiger partial charge in [-0.1, -0.05) is 0 Å². The van der Waals surface area contributed by atoms with E-state index in [-0.39, 0.29) is 23.7 Å². The van der Waals surface area contributed by atoms with E-state index in [9.17, 15) is 4.79 Å². The van der Waals surface area contributed by atoms with E-state index in [1.54, 1.807) is 0 Å². The van der Waals surface area contributed by atoms with Crippen LogP contribution >= 0.6 is 24.2 Å². The first-order valence-electron chi connectivity index (χ1n) is 6.44. The number of carbonyl (C=O) groups is 1. The van der Waals surface area contributed by atoms with Crippen LogP contribution < -0.4 is 11.1 Å². The summed E-state index contributed by atoms with van der Waals surface area (Å²) in [6.45, 7) is 2.54. The Labute approximate surface area is 119 Å². The maximum atomic E-state index is 12.3. The molecular formula is C12H23ClN2O2S. The molecule has 2 aliphatic rings. The topological polar surface area (TPSA) is 64.4 Å². The van der Waals surface area contributed by atoms with Crippen molar-refractivity contribution in [1.82, 2.24) is 5.32 Å². The van der Waals surface area contributed by atoms with Crippen molar-refractivity contribution in [3.05, 3.63) is 0 Å². The SMILES string of the molecule is Cl.NCC1(C(=O)NCC2CCCS2)CCOCC1. The van der Waals surface area contributed by atoms with Crippen molar-refractivity contribution < 1.29 is 9.53 Å². The number of nitrogens with two attached hydrogens (primary N) is 1. The van der Waals surface area contributed by atoms with Crippen LogP contribution in [-0.4, -0.2) is 43.2 Å². The molecule has 106 valence electrons. The monoisotopic (exact) mass is 294 g/mol. The maximum absolute atomic E-state index is 12.3. The lowest BCUT2D eigenvalue weighted by Crippen LogP contribution is -2.50. The zero-order chi connectivity index (χ0) is 12.1. The Morgan fingerprint density at radius 2 is 2.17 bits per heavy atom. The normalized spacial score (nSPS) is 26.4. The van der Waals surface area contributed by atoms with Gasteiger partial charge in [0.15, 0.2) is 0 Å². The molecule has 1 unspecified atom stereocenters. The summed E-state index contributed by atoms with van der Waals surface area (Å²) < 4.78 is 5.32. The van der Waals surface area contributed by atoms with E-state index in [1.807, 2.05) is 11.8 Å². The standard InChI is InChI=1S/C12H22N2O2S.ClH/c13-9-12(3-5-16-6-4-12)11(15)14-8-10-2-1-7-17-10;/h10H,1-9,13H2,(H,14,15);1H. The van der Waals surface area contributed by atoms with Gasteiger partial charge in [0.2, 0.25) is 5.91 Å². The van der Waals surface area contributed by atoms with Crippen molar-refractivity contribution >= 4 is 30.1 Å². The van der Waals surface area contributed by atoms with Gasteiger partial charge in [-0.3, -0.25) is 4.79 Å². The fourth-order valence-electron chi connectivity index (χ4n) is 2.49. The Morgan fingerprint density at radius 1 is 1.44 bits per heavy atom. The highest BCUT2D eigenvalue weighted by molar-refractivity contribution is 8.00. The Bertz CT molecular complexity index is 267. The summed E-state index contributed by atoms with van der Waals surface area (Å²) in [6.07, 6.45) is 4.02. The predicted octanol–water partition coefficient (Wildman–Crippen LogP) is 1.18. The molecule has 0 aromatic rings. The van der Waals surface area contributed by atoms with Crippen LogP contribution in [0.4, 0.5) is 0 Å². The summed E-state index contributed by atoms with van der Waals surface area (Å²) in [5.74, 6) is 1.37. The van der Waals surface area contributed by atoms with E-state index in [0.29, 0.717) is 25.0 Å². The number of carbonyl (C=O) groups excluding carboxylic acids is 1. The third kappa shape index (κ3) is 3.76. The van der Waals surface area contributed by atoms with Gasteiger partial charge >= 0.3 is 0 Å². The fraction of sp³-hybridized carbons (Fsp3) is 0.917. The third-order valence-corrected chi connectivity index (χ3v) is 5.23. The summed E-state index contributed by atoms with van der Waals surface area (Å²) in [5.41, 5.74) is 5.43. The molecule has 18 heavy (non-hydrogen) atoms. The molecule has 1 amide bonds. The second-order valence-electron chi connectivity index (χ2n) is 4.94. The van der Waals surface area contributed by atoms with Crippen molar-refractivity contribution in [3.8, 4) is 0 Å². The van der Waals surface area contributed by atoms with Gasteiger partial charge in [-0.15, -0.1) is 12.4 Å². The smallest absolute Gasteiger partial charge is 0.227 e. The van der Waals surface area contributed by atoms with Gasteiger partial charge in [0.05, 0.1) is 5.41 Å². The van der Waals surface area contributed by atoms with Gasteiger partial charge in [0.25, 0.3) is 0 Å². The zero-order valence-electron chi connectivity index (χ0n) is 10.7. The summed E-state index contributed by atoms with van der Waals surface area (Å²) in [7, 11) is 0. The number of hydrogen-bond acceptors (Lipinski definition) is 4. The van der Waals surface area contributed by atoms with Gasteiger partial charge < -0.3 is 15.8 Å². The highest BCUT2D eigenvalue weighted by atomic mass is 35.5. The van der Waals surface area contributed by atoms with Crippen LogP contribution in [0.1, 0.15) is 25.7 Å². The average molecular weight is 295 g/mol. The second-order valence-corrected chi connectivity index (χ2v) is 6.35. The van der Waals surface area contributed by atoms with E-state index in [2.05, 4.69) is 5.32 Å². The van der Waals surface area contributed by atoms with Crippen LogP contribution in [0.3, 0.4) is 0 Å². The molecule has 0 aliphatic carbocycles. The maximum Gasteiger partial charge on any atom is 0.227 e. The number of halogens is 1. The summed E-state index contributed by atoms with van der Waals surface area (Å²) in [4.78, 5) is 12.3. The number of hydrogen-bond donors (Lipinski definition) is 2. The quantitative estimate of drug-likeness (QED) is 0.817. The van der Waals surface area contributed by atoms with E-state index < -0.39 is 0 Å². The molecule has 0 spiro atoms. The van der Waals surface area contributed by atoms with Crippen LogP contribution in [-0.2, 0) is 9.53 Å². The molecule has 6 heteroatoms. The highest BCUT2D eigenvalue weighted by Gasteiger charge is 2.38. The molecule has 2 fully saturated rings. The molecule has 0 bridgehead atoms. The summed E-state index contributed by atoms with van der Waals surface area (Å²) in [5, 5.41) is 3.70. The minimum atomic E-state index is -0.373. The van der Waals surface area contributed by atoms with Gasteiger partial charge in [-0.25, -0.2) is 0 Å². The lowest BCUT2D eigenvalue weighted by molar-refractivity contribution is -0.135. The summed E-state index contributed by atoms with van der Waals surface area (Å²) >= 11 is 1.97. The fourth-order valence-corrected chi connectivity index (χ4v) is 3.69. The molecule has 2 aliphatic heterocycles. The van der Waals surface area contributed by atoms with Crippen LogP contribution in [0.25, 0.3) is 0 Å². The van der Waals surface area contributed by atoms with Gasteiger partial charge in [-0.2, -0.15) is 11.8 Å². The third-order valence-electron chi connectivity index (χ3n) is 3.84. The van der Waals surface area contributed by atoms with Crippen LogP contribution in [0.2, 0.25) is 0 Å². The van der Waals surface area contributed by atoms with Crippen molar-refractivity contribution in [3.63, 3.8) is 0 Å². The number of nitrogens with one attached hydrogen (secondary N) is 1. The molecule has 0 aromatic carbocycles. The Hall–Kier alpha value is 0.0300. The number of rotatable bonds is 4. The van der Waals surface area contributed by atoms with Crippen LogP contribution in [0, 0.1) is 5.41 Å². The molecule has 0 radical (unpaired) electrons. The van der Waals surface area contributed by atoms with Gasteiger partial charge in [0, 0.05) is 31.6 Å². The van der Waals surface area contributed by atoms with Gasteiger partial charge in [-0.05, 0) is 31.4 Å². The molecular weight excluding hydrogens is 272 g/mol. The second kappa shape index (κ2) is 7.58. The zero-order valence-corrected chi connectivity index (χ0v) is 12.3. The van der Waals surface area contributed by atoms with E-state index in [1.165, 1.54) is 18.6 Å². The molecule has 1 atom stereocenters. The molecule has 3 N–H and O–H groups in total. The Kier molecular flexibility index (Phi) is 6.77. The first-order chi connectivity index (χ1) is 8.27. The van der Waals surface area contributed by atoms with E-state index in [0.717, 1.165) is 19.4 Å². The van der Waals surface area contributed by atoms with Crippen molar-refractivity contribution in [2.75, 3.05) is 32.1 Å². The molecule has 2 heterocycles. The van der Waals surface area contributed by atoms with Crippen molar-refractivity contribution in [2.24, 2.45) is 11.1 Å². The molecule has 0 saturated carbocycles. The first-order valence-corrected chi connectivity index (χ1v) is 7.49. The van der Waals surface area contributed by atoms with Crippen molar-refractivity contribution in [2.45, 2.75) is 30.9 Å². The van der Waals surface area contributed by atoms with E-state index in [4.69, 9.17) is 10.5 Å². The number of amides is 1. The van der Waals surface area contributed by atoms with Crippen LogP contribution in [0.5, 0.6) is 0 Å². The summed E-state index contributed by atoms with van der Waals surface area (Å²) in [6, 6.07) is 0. The lowest BCUT2D eigenvalue weighted by atomic mass is 9.79. The molecule has 2 rings (SSSR count).